The lowest BCUT2D eigenvalue weighted by atomic mass is 9.94. The molecule has 32 heavy (non-hydrogen) atoms. The molecule has 0 aliphatic rings. The Morgan fingerprint density at radius 3 is 2.50 bits per heavy atom. The third-order valence-electron chi connectivity index (χ3n) is 4.89. The van der Waals surface area contributed by atoms with Crippen molar-refractivity contribution in [1.82, 2.24) is 5.32 Å². The van der Waals surface area contributed by atoms with E-state index in [0.29, 0.717) is 16.7 Å². The summed E-state index contributed by atoms with van der Waals surface area (Å²) in [4.78, 5) is 23.5. The van der Waals surface area contributed by atoms with Gasteiger partial charge in [0.1, 0.15) is 11.7 Å². The summed E-state index contributed by atoms with van der Waals surface area (Å²) in [6.45, 7) is 0.150. The van der Waals surface area contributed by atoms with E-state index in [2.05, 4.69) is 5.32 Å². The van der Waals surface area contributed by atoms with Crippen molar-refractivity contribution in [1.29, 1.82) is 5.41 Å². The second-order valence-electron chi connectivity index (χ2n) is 6.95. The Morgan fingerprint density at radius 2 is 1.88 bits per heavy atom. The Balaban J connectivity index is 1.88. The third kappa shape index (κ3) is 4.96. The number of nitrogens with two attached hydrogens (primary N) is 1. The molecule has 0 heterocycles. The van der Waals surface area contributed by atoms with Crippen molar-refractivity contribution in [2.75, 3.05) is 7.11 Å². The van der Waals surface area contributed by atoms with Crippen LogP contribution >= 0.6 is 0 Å². The minimum atomic E-state index is -1.28. The Morgan fingerprint density at radius 1 is 1.19 bits per heavy atom. The molecule has 164 valence electrons. The molecule has 0 unspecified atom stereocenters. The number of methoxy groups -OCH3 is 1. The number of amides is 1. The average Bonchev–Trinajstić information content (AvgIpc) is 2.79. The van der Waals surface area contributed by atoms with Crippen LogP contribution in [0.25, 0.3) is 11.1 Å². The number of hydrogen-bond acceptors (Lipinski definition) is 5. The van der Waals surface area contributed by atoms with E-state index in [0.717, 1.165) is 5.56 Å². The zero-order chi connectivity index (χ0) is 23.3. The van der Waals surface area contributed by atoms with Crippen LogP contribution in [-0.2, 0) is 16.1 Å². The van der Waals surface area contributed by atoms with E-state index in [9.17, 15) is 19.3 Å². The number of nitro benzene ring substituents is 1. The maximum Gasteiger partial charge on any atom is 0.270 e. The molecule has 0 saturated carbocycles. The smallest absolute Gasteiger partial charge is 0.270 e. The van der Waals surface area contributed by atoms with E-state index >= 15 is 0 Å². The normalized spacial score (nSPS) is 11.6. The highest BCUT2D eigenvalue weighted by atomic mass is 19.1. The maximum absolute atomic E-state index is 14.8. The molecule has 0 spiro atoms. The van der Waals surface area contributed by atoms with E-state index in [1.165, 1.54) is 37.4 Å². The molecule has 1 amide bonds. The molecular weight excluding hydrogens is 415 g/mol. The standard InChI is InChI=1S/C23H21FN4O4/c1-32-21(23(29)27-13-14-8-10-15(11-9-14)22(25)26)20-18(6-3-7-19(20)24)16-4-2-5-17(12-16)28(30)31/h2-12,21H,13H2,1H3,(H3,25,26)(H,27,29)/t21-/m0/s1. The number of amidine groups is 1. The van der Waals surface area contributed by atoms with Crippen molar-refractivity contribution in [2.24, 2.45) is 5.73 Å². The Kier molecular flexibility index (Phi) is 6.91. The molecule has 0 aliphatic heterocycles. The van der Waals surface area contributed by atoms with Crippen LogP contribution in [0, 0.1) is 21.3 Å². The lowest BCUT2D eigenvalue weighted by molar-refractivity contribution is -0.384. The van der Waals surface area contributed by atoms with Gasteiger partial charge in [0.25, 0.3) is 11.6 Å². The van der Waals surface area contributed by atoms with Crippen molar-refractivity contribution in [3.05, 3.63) is 99.4 Å². The fourth-order valence-electron chi connectivity index (χ4n) is 3.28. The molecule has 8 nitrogen and oxygen atoms in total. The molecule has 0 saturated heterocycles. The van der Waals surface area contributed by atoms with Gasteiger partial charge in [-0.2, -0.15) is 0 Å². The van der Waals surface area contributed by atoms with Gasteiger partial charge in [0.2, 0.25) is 0 Å². The van der Waals surface area contributed by atoms with Gasteiger partial charge < -0.3 is 15.8 Å². The second-order valence-corrected chi connectivity index (χ2v) is 6.95. The van der Waals surface area contributed by atoms with Gasteiger partial charge in [0.15, 0.2) is 6.10 Å². The van der Waals surface area contributed by atoms with Gasteiger partial charge in [-0.3, -0.25) is 20.3 Å². The Bertz CT molecular complexity index is 1160. The van der Waals surface area contributed by atoms with Gasteiger partial charge in [-0.05, 0) is 22.8 Å². The lowest BCUT2D eigenvalue weighted by Gasteiger charge is -2.20. The molecule has 0 bridgehead atoms. The van der Waals surface area contributed by atoms with E-state index in [4.69, 9.17) is 15.9 Å². The summed E-state index contributed by atoms with van der Waals surface area (Å²) in [5.41, 5.74) is 7.30. The van der Waals surface area contributed by atoms with Gasteiger partial charge in [0, 0.05) is 36.9 Å². The number of non-ortho nitro benzene ring substituents is 1. The number of nitrogens with zero attached hydrogens (tertiary/aromatic N) is 1. The topological polar surface area (TPSA) is 131 Å². The number of ether oxygens (including phenoxy) is 1. The van der Waals surface area contributed by atoms with Gasteiger partial charge in [-0.15, -0.1) is 0 Å². The highest BCUT2D eigenvalue weighted by Gasteiger charge is 2.27. The highest BCUT2D eigenvalue weighted by molar-refractivity contribution is 5.94. The summed E-state index contributed by atoms with van der Waals surface area (Å²) < 4.78 is 20.2. The van der Waals surface area contributed by atoms with Crippen LogP contribution in [-0.4, -0.2) is 23.8 Å². The molecular formula is C23H21FN4O4. The van der Waals surface area contributed by atoms with Gasteiger partial charge >= 0.3 is 0 Å². The molecule has 4 N–H and O–H groups in total. The summed E-state index contributed by atoms with van der Waals surface area (Å²) in [7, 11) is 1.29. The molecule has 9 heteroatoms. The second kappa shape index (κ2) is 9.80. The first-order valence-electron chi connectivity index (χ1n) is 9.59. The molecule has 0 radical (unpaired) electrons. The van der Waals surface area contributed by atoms with Gasteiger partial charge in [-0.1, -0.05) is 48.5 Å². The van der Waals surface area contributed by atoms with Crippen LogP contribution in [0.1, 0.15) is 22.8 Å². The fraction of sp³-hybridized carbons (Fsp3) is 0.130. The molecule has 1 atom stereocenters. The fourth-order valence-corrected chi connectivity index (χ4v) is 3.28. The monoisotopic (exact) mass is 436 g/mol. The molecule has 0 aliphatic carbocycles. The number of hydrogen-bond donors (Lipinski definition) is 3. The number of halogens is 1. The first kappa shape index (κ1) is 22.6. The third-order valence-corrected chi connectivity index (χ3v) is 4.89. The summed E-state index contributed by atoms with van der Waals surface area (Å²) in [5, 5.41) is 21.3. The van der Waals surface area contributed by atoms with Crippen LogP contribution in [0.4, 0.5) is 10.1 Å². The zero-order valence-electron chi connectivity index (χ0n) is 17.2. The predicted molar refractivity (Wildman–Crippen MR) is 118 cm³/mol. The SMILES string of the molecule is CO[C@H](C(=O)NCc1ccc(C(=N)N)cc1)c1c(F)cccc1-c1cccc([N+](=O)[O-])c1. The molecule has 0 aromatic heterocycles. The van der Waals surface area contributed by atoms with Crippen LogP contribution < -0.4 is 11.1 Å². The Labute approximate surface area is 183 Å². The van der Waals surface area contributed by atoms with E-state index in [1.807, 2.05) is 0 Å². The van der Waals surface area contributed by atoms with Crippen molar-refractivity contribution in [3.8, 4) is 11.1 Å². The van der Waals surface area contributed by atoms with Crippen molar-refractivity contribution < 1.29 is 18.8 Å². The summed E-state index contributed by atoms with van der Waals surface area (Å²) in [5.74, 6) is -1.30. The number of benzene rings is 3. The number of rotatable bonds is 8. The van der Waals surface area contributed by atoms with Crippen LogP contribution in [0.2, 0.25) is 0 Å². The largest absolute Gasteiger partial charge is 0.384 e. The summed E-state index contributed by atoms with van der Waals surface area (Å²) in [6, 6.07) is 16.8. The summed E-state index contributed by atoms with van der Waals surface area (Å²) >= 11 is 0. The molecule has 0 fully saturated rings. The van der Waals surface area contributed by atoms with E-state index in [1.54, 1.807) is 36.4 Å². The number of nitrogens with one attached hydrogen (secondary N) is 2. The first-order valence-corrected chi connectivity index (χ1v) is 9.59. The minimum Gasteiger partial charge on any atom is -0.384 e. The van der Waals surface area contributed by atoms with Crippen LogP contribution in [0.5, 0.6) is 0 Å². The minimum absolute atomic E-state index is 0.0140. The number of nitrogen functional groups attached to an aromatic ring is 1. The van der Waals surface area contributed by atoms with Crippen molar-refractivity contribution in [3.63, 3.8) is 0 Å². The number of nitro groups is 1. The van der Waals surface area contributed by atoms with E-state index in [-0.39, 0.29) is 23.6 Å². The highest BCUT2D eigenvalue weighted by Crippen LogP contribution is 2.33. The van der Waals surface area contributed by atoms with Crippen molar-refractivity contribution in [2.45, 2.75) is 12.6 Å². The van der Waals surface area contributed by atoms with E-state index < -0.39 is 22.8 Å². The average molecular weight is 436 g/mol. The zero-order valence-corrected chi connectivity index (χ0v) is 17.2. The quantitative estimate of drug-likeness (QED) is 0.214. The number of carbonyl (C=O) groups excluding carboxylic acids is 1. The van der Waals surface area contributed by atoms with Crippen LogP contribution in [0.3, 0.4) is 0 Å². The van der Waals surface area contributed by atoms with Crippen molar-refractivity contribution >= 4 is 17.4 Å². The van der Waals surface area contributed by atoms with Gasteiger partial charge in [-0.25, -0.2) is 4.39 Å². The molecule has 3 rings (SSSR count). The first-order chi connectivity index (χ1) is 15.3. The molecule has 3 aromatic rings. The summed E-state index contributed by atoms with van der Waals surface area (Å²) in [6.07, 6.45) is -1.28. The number of carbonyl (C=O) groups is 1. The Hall–Kier alpha value is -4.11. The molecule has 3 aromatic carbocycles. The van der Waals surface area contributed by atoms with Gasteiger partial charge in [0.05, 0.1) is 4.92 Å². The van der Waals surface area contributed by atoms with Crippen LogP contribution in [0.15, 0.2) is 66.7 Å². The maximum atomic E-state index is 14.8. The predicted octanol–water partition coefficient (Wildman–Crippen LogP) is 3.69. The lowest BCUT2D eigenvalue weighted by Crippen LogP contribution is -2.31.